The molecule has 0 aromatic carbocycles. The fourth-order valence-corrected chi connectivity index (χ4v) is 2.69. The summed E-state index contributed by atoms with van der Waals surface area (Å²) in [7, 11) is 0. The Kier molecular flexibility index (Phi) is 2.47. The van der Waals surface area contributed by atoms with Gasteiger partial charge >= 0.3 is 0 Å². The second-order valence-corrected chi connectivity index (χ2v) is 5.04. The van der Waals surface area contributed by atoms with Crippen molar-refractivity contribution in [2.24, 2.45) is 0 Å². The molecule has 0 spiro atoms. The molecule has 0 aliphatic rings. The number of thiazole rings is 1. The van der Waals surface area contributed by atoms with Crippen molar-refractivity contribution in [1.29, 1.82) is 0 Å². The molecule has 2 aromatic rings. The number of aromatic nitrogens is 1. The lowest BCUT2D eigenvalue weighted by Gasteiger charge is -1.95. The second kappa shape index (κ2) is 3.60. The number of rotatable bonds is 2. The minimum absolute atomic E-state index is 0.540. The van der Waals surface area contributed by atoms with Crippen molar-refractivity contribution in [3.8, 4) is 10.6 Å². The predicted molar refractivity (Wildman–Crippen MR) is 59.5 cm³/mol. The van der Waals surface area contributed by atoms with E-state index in [2.05, 4.69) is 41.7 Å². The van der Waals surface area contributed by atoms with Gasteiger partial charge in [0.25, 0.3) is 0 Å². The summed E-state index contributed by atoms with van der Waals surface area (Å²) in [4.78, 5) is 5.85. The number of nitrogens with zero attached hydrogens (tertiary/aromatic N) is 1. The lowest BCUT2D eigenvalue weighted by molar-refractivity contribution is 0.854. The molecular weight excluding hydrogens is 198 g/mol. The minimum atomic E-state index is 0.540. The zero-order valence-electron chi connectivity index (χ0n) is 7.65. The van der Waals surface area contributed by atoms with E-state index in [-0.39, 0.29) is 0 Å². The van der Waals surface area contributed by atoms with Crippen LogP contribution in [0.3, 0.4) is 0 Å². The zero-order valence-corrected chi connectivity index (χ0v) is 9.28. The van der Waals surface area contributed by atoms with E-state index in [1.807, 2.05) is 0 Å². The van der Waals surface area contributed by atoms with Crippen LogP contribution >= 0.6 is 22.7 Å². The van der Waals surface area contributed by atoms with Gasteiger partial charge in [0.15, 0.2) is 0 Å². The fourth-order valence-electron chi connectivity index (χ4n) is 1.09. The summed E-state index contributed by atoms with van der Waals surface area (Å²) in [6.45, 7) is 4.36. The monoisotopic (exact) mass is 209 g/mol. The van der Waals surface area contributed by atoms with Crippen LogP contribution in [-0.4, -0.2) is 4.98 Å². The first-order valence-electron chi connectivity index (χ1n) is 4.26. The van der Waals surface area contributed by atoms with Gasteiger partial charge in [-0.25, -0.2) is 4.98 Å². The highest BCUT2D eigenvalue weighted by atomic mass is 32.1. The Morgan fingerprint density at radius 3 is 2.69 bits per heavy atom. The highest BCUT2D eigenvalue weighted by Crippen LogP contribution is 2.28. The largest absolute Gasteiger partial charge is 0.240 e. The van der Waals surface area contributed by atoms with Crippen molar-refractivity contribution in [2.75, 3.05) is 0 Å². The Morgan fingerprint density at radius 1 is 1.31 bits per heavy atom. The van der Waals surface area contributed by atoms with Crippen LogP contribution in [0, 0.1) is 0 Å². The predicted octanol–water partition coefficient (Wildman–Crippen LogP) is 4.00. The molecule has 3 heteroatoms. The maximum Gasteiger partial charge on any atom is 0.0958 e. The number of thiophene rings is 1. The number of hydrogen-bond acceptors (Lipinski definition) is 3. The van der Waals surface area contributed by atoms with Crippen LogP contribution in [0.25, 0.3) is 10.6 Å². The molecule has 0 N–H and O–H groups in total. The van der Waals surface area contributed by atoms with Crippen molar-refractivity contribution in [2.45, 2.75) is 19.8 Å². The van der Waals surface area contributed by atoms with Crippen LogP contribution in [0.5, 0.6) is 0 Å². The van der Waals surface area contributed by atoms with Crippen LogP contribution in [0.1, 0.15) is 24.8 Å². The van der Waals surface area contributed by atoms with Crippen LogP contribution in [-0.2, 0) is 0 Å². The summed E-state index contributed by atoms with van der Waals surface area (Å²) < 4.78 is 0. The first-order valence-corrected chi connectivity index (χ1v) is 6.02. The Hall–Kier alpha value is -0.670. The standard InChI is InChI=1S/C10H11NS2/c1-7(2)10-11-8(6-13-10)9-4-3-5-12-9/h3-7H,1-2H3. The Labute approximate surface area is 86.1 Å². The molecular formula is C10H11NS2. The molecule has 0 saturated heterocycles. The third kappa shape index (κ3) is 1.81. The average Bonchev–Trinajstić information content (AvgIpc) is 2.75. The van der Waals surface area contributed by atoms with Crippen molar-refractivity contribution >= 4 is 22.7 Å². The third-order valence-corrected chi connectivity index (χ3v) is 3.83. The molecule has 0 aliphatic carbocycles. The van der Waals surface area contributed by atoms with E-state index in [0.29, 0.717) is 5.92 Å². The van der Waals surface area contributed by atoms with Gasteiger partial charge in [0.2, 0.25) is 0 Å². The normalized spacial score (nSPS) is 11.0. The lowest BCUT2D eigenvalue weighted by atomic mass is 10.2. The molecule has 0 radical (unpaired) electrons. The quantitative estimate of drug-likeness (QED) is 0.728. The molecule has 0 aliphatic heterocycles. The minimum Gasteiger partial charge on any atom is -0.240 e. The van der Waals surface area contributed by atoms with Gasteiger partial charge < -0.3 is 0 Å². The van der Waals surface area contributed by atoms with Gasteiger partial charge in [0.1, 0.15) is 0 Å². The molecule has 2 heterocycles. The van der Waals surface area contributed by atoms with Crippen LogP contribution in [0.2, 0.25) is 0 Å². The van der Waals surface area contributed by atoms with E-state index < -0.39 is 0 Å². The van der Waals surface area contributed by atoms with E-state index in [4.69, 9.17) is 0 Å². The molecule has 2 aromatic heterocycles. The summed E-state index contributed by atoms with van der Waals surface area (Å²) in [6.07, 6.45) is 0. The van der Waals surface area contributed by atoms with Crippen molar-refractivity contribution in [1.82, 2.24) is 4.98 Å². The Morgan fingerprint density at radius 2 is 2.15 bits per heavy atom. The van der Waals surface area contributed by atoms with E-state index in [1.54, 1.807) is 22.7 Å². The molecule has 68 valence electrons. The molecule has 0 unspecified atom stereocenters. The Bertz CT molecular complexity index is 373. The van der Waals surface area contributed by atoms with E-state index in [9.17, 15) is 0 Å². The molecule has 0 saturated carbocycles. The zero-order chi connectivity index (χ0) is 9.26. The summed E-state index contributed by atoms with van der Waals surface area (Å²) >= 11 is 3.50. The van der Waals surface area contributed by atoms with Gasteiger partial charge in [-0.1, -0.05) is 19.9 Å². The van der Waals surface area contributed by atoms with Crippen molar-refractivity contribution < 1.29 is 0 Å². The van der Waals surface area contributed by atoms with Gasteiger partial charge in [-0.3, -0.25) is 0 Å². The van der Waals surface area contributed by atoms with Gasteiger partial charge in [-0.05, 0) is 11.4 Å². The molecule has 13 heavy (non-hydrogen) atoms. The highest BCUT2D eigenvalue weighted by Gasteiger charge is 2.07. The third-order valence-electron chi connectivity index (χ3n) is 1.79. The summed E-state index contributed by atoms with van der Waals surface area (Å²) in [5.41, 5.74) is 1.13. The summed E-state index contributed by atoms with van der Waals surface area (Å²) in [5.74, 6) is 0.540. The maximum atomic E-state index is 4.58. The molecule has 1 nitrogen and oxygen atoms in total. The summed E-state index contributed by atoms with van der Waals surface area (Å²) in [5, 5.41) is 5.45. The van der Waals surface area contributed by atoms with Gasteiger partial charge in [-0.2, -0.15) is 0 Å². The highest BCUT2D eigenvalue weighted by molar-refractivity contribution is 7.14. The Balaban J connectivity index is 2.33. The molecule has 0 fully saturated rings. The van der Waals surface area contributed by atoms with E-state index in [0.717, 1.165) is 5.69 Å². The second-order valence-electron chi connectivity index (χ2n) is 3.20. The number of hydrogen-bond donors (Lipinski definition) is 0. The molecule has 0 atom stereocenters. The SMILES string of the molecule is CC(C)c1nc(-c2cccs2)cs1. The molecule has 0 bridgehead atoms. The van der Waals surface area contributed by atoms with Crippen LogP contribution < -0.4 is 0 Å². The van der Waals surface area contributed by atoms with Gasteiger partial charge in [0, 0.05) is 11.3 Å². The van der Waals surface area contributed by atoms with Gasteiger partial charge in [-0.15, -0.1) is 22.7 Å². The van der Waals surface area contributed by atoms with Crippen molar-refractivity contribution in [3.63, 3.8) is 0 Å². The summed E-state index contributed by atoms with van der Waals surface area (Å²) in [6, 6.07) is 4.18. The smallest absolute Gasteiger partial charge is 0.0958 e. The van der Waals surface area contributed by atoms with E-state index in [1.165, 1.54) is 9.88 Å². The fraction of sp³-hybridized carbons (Fsp3) is 0.300. The topological polar surface area (TPSA) is 12.9 Å². The van der Waals surface area contributed by atoms with Crippen LogP contribution in [0.4, 0.5) is 0 Å². The first kappa shape index (κ1) is 8.91. The molecule has 2 rings (SSSR count). The van der Waals surface area contributed by atoms with E-state index >= 15 is 0 Å². The van der Waals surface area contributed by atoms with Crippen LogP contribution in [0.15, 0.2) is 22.9 Å². The van der Waals surface area contributed by atoms with Gasteiger partial charge in [0.05, 0.1) is 15.6 Å². The lowest BCUT2D eigenvalue weighted by Crippen LogP contribution is -1.84. The molecule has 0 amide bonds. The maximum absolute atomic E-state index is 4.58. The first-order chi connectivity index (χ1) is 6.27. The van der Waals surface area contributed by atoms with Crippen molar-refractivity contribution in [3.05, 3.63) is 27.9 Å². The average molecular weight is 209 g/mol.